The van der Waals surface area contributed by atoms with Crippen molar-refractivity contribution in [1.29, 1.82) is 0 Å². The molecule has 1 aliphatic rings. The van der Waals surface area contributed by atoms with E-state index in [4.69, 9.17) is 10.8 Å². The first-order chi connectivity index (χ1) is 9.51. The number of nitrogens with zero attached hydrogens (tertiary/aromatic N) is 2. The summed E-state index contributed by atoms with van der Waals surface area (Å²) in [4.78, 5) is 23.7. The molecule has 7 nitrogen and oxygen atoms in total. The topological polar surface area (TPSA) is 110 Å². The van der Waals surface area contributed by atoms with Crippen molar-refractivity contribution >= 4 is 11.6 Å². The van der Waals surface area contributed by atoms with E-state index in [9.17, 15) is 14.9 Å². The van der Waals surface area contributed by atoms with Crippen LogP contribution in [0.1, 0.15) is 22.3 Å². The van der Waals surface area contributed by atoms with Crippen LogP contribution in [0.25, 0.3) is 0 Å². The molecular weight excluding hydrogens is 262 g/mol. The molecule has 20 heavy (non-hydrogen) atoms. The Hall–Kier alpha value is -1.99. The number of rotatable bonds is 5. The van der Waals surface area contributed by atoms with Crippen LogP contribution in [0.4, 0.5) is 5.69 Å². The minimum atomic E-state index is -0.679. The van der Waals surface area contributed by atoms with Gasteiger partial charge in [-0.1, -0.05) is 6.07 Å². The highest BCUT2D eigenvalue weighted by molar-refractivity contribution is 5.93. The van der Waals surface area contributed by atoms with E-state index in [-0.39, 0.29) is 23.8 Å². The molecule has 1 aliphatic heterocycles. The maximum atomic E-state index is 11.1. The number of aliphatic hydroxyl groups is 1. The molecule has 1 fully saturated rings. The molecule has 0 aliphatic carbocycles. The third kappa shape index (κ3) is 3.12. The Labute approximate surface area is 116 Å². The van der Waals surface area contributed by atoms with E-state index in [1.807, 2.05) is 0 Å². The normalized spacial score (nSPS) is 19.1. The lowest BCUT2D eigenvalue weighted by molar-refractivity contribution is -0.385. The number of nitro groups is 1. The number of primary amides is 1. The Morgan fingerprint density at radius 3 is 2.85 bits per heavy atom. The number of amides is 1. The molecule has 0 aromatic heterocycles. The van der Waals surface area contributed by atoms with Gasteiger partial charge in [0.25, 0.3) is 5.69 Å². The summed E-state index contributed by atoms with van der Waals surface area (Å²) in [5.74, 6) is -0.444. The molecule has 3 N–H and O–H groups in total. The van der Waals surface area contributed by atoms with Gasteiger partial charge in [0.1, 0.15) is 0 Å². The van der Waals surface area contributed by atoms with E-state index >= 15 is 0 Å². The maximum absolute atomic E-state index is 11.1. The number of likely N-dealkylation sites (tertiary alicyclic amines) is 1. The molecular formula is C13H17N3O4. The number of carbonyl (C=O) groups is 1. The average molecular weight is 279 g/mol. The van der Waals surface area contributed by atoms with Gasteiger partial charge in [-0.2, -0.15) is 0 Å². The summed E-state index contributed by atoms with van der Waals surface area (Å²) in [6.45, 7) is 2.11. The third-order valence-corrected chi connectivity index (χ3v) is 3.59. The van der Waals surface area contributed by atoms with Gasteiger partial charge in [0, 0.05) is 36.9 Å². The molecule has 1 amide bonds. The first-order valence-electron chi connectivity index (χ1n) is 6.41. The molecule has 2 rings (SSSR count). The molecule has 0 saturated carbocycles. The smallest absolute Gasteiger partial charge is 0.274 e. The molecule has 0 spiro atoms. The first kappa shape index (κ1) is 14.4. The summed E-state index contributed by atoms with van der Waals surface area (Å²) in [7, 11) is 0. The predicted molar refractivity (Wildman–Crippen MR) is 72.1 cm³/mol. The fourth-order valence-corrected chi connectivity index (χ4v) is 2.47. The molecule has 1 aromatic rings. The number of benzene rings is 1. The summed E-state index contributed by atoms with van der Waals surface area (Å²) >= 11 is 0. The predicted octanol–water partition coefficient (Wildman–Crippen LogP) is 0.508. The van der Waals surface area contributed by atoms with Gasteiger partial charge in [-0.15, -0.1) is 0 Å². The second kappa shape index (κ2) is 5.98. The Bertz CT molecular complexity index is 532. The summed E-state index contributed by atoms with van der Waals surface area (Å²) in [5, 5.41) is 20.2. The molecule has 1 atom stereocenters. The summed E-state index contributed by atoms with van der Waals surface area (Å²) in [6, 6.07) is 4.30. The molecule has 0 radical (unpaired) electrons. The number of nitro benzene ring substituents is 1. The van der Waals surface area contributed by atoms with Gasteiger partial charge in [-0.05, 0) is 24.9 Å². The Morgan fingerprint density at radius 1 is 1.55 bits per heavy atom. The Kier molecular flexibility index (Phi) is 4.31. The van der Waals surface area contributed by atoms with Crippen LogP contribution in [0.15, 0.2) is 18.2 Å². The van der Waals surface area contributed by atoms with E-state index in [1.54, 1.807) is 6.07 Å². The Balaban J connectivity index is 2.19. The van der Waals surface area contributed by atoms with Crippen molar-refractivity contribution in [2.24, 2.45) is 11.7 Å². The van der Waals surface area contributed by atoms with Gasteiger partial charge in [0.15, 0.2) is 0 Å². The minimum Gasteiger partial charge on any atom is -0.396 e. The van der Waals surface area contributed by atoms with Crippen LogP contribution in [-0.4, -0.2) is 40.5 Å². The van der Waals surface area contributed by atoms with Gasteiger partial charge >= 0.3 is 0 Å². The van der Waals surface area contributed by atoms with E-state index in [0.29, 0.717) is 12.1 Å². The number of carbonyl (C=O) groups excluding carboxylic acids is 1. The highest BCUT2D eigenvalue weighted by atomic mass is 16.6. The van der Waals surface area contributed by atoms with Crippen molar-refractivity contribution in [3.05, 3.63) is 39.4 Å². The van der Waals surface area contributed by atoms with Crippen LogP contribution >= 0.6 is 0 Å². The molecule has 7 heteroatoms. The van der Waals surface area contributed by atoms with Crippen LogP contribution in [0, 0.1) is 16.0 Å². The van der Waals surface area contributed by atoms with E-state index in [2.05, 4.69) is 4.90 Å². The van der Waals surface area contributed by atoms with Gasteiger partial charge in [-0.25, -0.2) is 0 Å². The highest BCUT2D eigenvalue weighted by Gasteiger charge is 2.24. The molecule has 1 heterocycles. The second-order valence-electron chi connectivity index (χ2n) is 5.04. The fraction of sp³-hybridized carbons (Fsp3) is 0.462. The van der Waals surface area contributed by atoms with E-state index in [1.165, 1.54) is 12.1 Å². The van der Waals surface area contributed by atoms with Crippen LogP contribution in [0.5, 0.6) is 0 Å². The second-order valence-corrected chi connectivity index (χ2v) is 5.04. The van der Waals surface area contributed by atoms with Crippen LogP contribution in [0.2, 0.25) is 0 Å². The molecule has 1 aromatic carbocycles. The van der Waals surface area contributed by atoms with Crippen LogP contribution < -0.4 is 5.73 Å². The average Bonchev–Trinajstić information content (AvgIpc) is 2.86. The van der Waals surface area contributed by atoms with E-state index in [0.717, 1.165) is 19.5 Å². The standard InChI is InChI=1S/C13H17N3O4/c14-13(18)10-1-2-11(12(5-10)16(19)20)7-15-4-3-9(6-15)8-17/h1-2,5,9,17H,3-4,6-8H2,(H2,14,18). The number of hydrogen-bond acceptors (Lipinski definition) is 5. The fourth-order valence-electron chi connectivity index (χ4n) is 2.47. The third-order valence-electron chi connectivity index (χ3n) is 3.59. The number of aliphatic hydroxyl groups excluding tert-OH is 1. The molecule has 1 saturated heterocycles. The van der Waals surface area contributed by atoms with Crippen molar-refractivity contribution in [2.45, 2.75) is 13.0 Å². The van der Waals surface area contributed by atoms with Crippen molar-refractivity contribution in [3.63, 3.8) is 0 Å². The quantitative estimate of drug-likeness (QED) is 0.602. The van der Waals surface area contributed by atoms with E-state index < -0.39 is 10.8 Å². The number of hydrogen-bond donors (Lipinski definition) is 2. The van der Waals surface area contributed by atoms with Crippen molar-refractivity contribution in [2.75, 3.05) is 19.7 Å². The lowest BCUT2D eigenvalue weighted by Crippen LogP contribution is -2.22. The minimum absolute atomic E-state index is 0.0891. The zero-order valence-corrected chi connectivity index (χ0v) is 11.0. The van der Waals surface area contributed by atoms with Gasteiger partial charge < -0.3 is 10.8 Å². The van der Waals surface area contributed by atoms with Gasteiger partial charge in [0.05, 0.1) is 4.92 Å². The van der Waals surface area contributed by atoms with Crippen molar-refractivity contribution in [3.8, 4) is 0 Å². The van der Waals surface area contributed by atoms with Crippen LogP contribution in [0.3, 0.4) is 0 Å². The maximum Gasteiger partial charge on any atom is 0.274 e. The summed E-state index contributed by atoms with van der Waals surface area (Å²) in [6.07, 6.45) is 0.893. The lowest BCUT2D eigenvalue weighted by Gasteiger charge is -2.15. The summed E-state index contributed by atoms with van der Waals surface area (Å²) in [5.41, 5.74) is 5.73. The molecule has 108 valence electrons. The zero-order chi connectivity index (χ0) is 14.7. The van der Waals surface area contributed by atoms with Gasteiger partial charge in [0.2, 0.25) is 5.91 Å². The molecule has 0 bridgehead atoms. The van der Waals surface area contributed by atoms with Gasteiger partial charge in [-0.3, -0.25) is 19.8 Å². The van der Waals surface area contributed by atoms with Crippen LogP contribution in [-0.2, 0) is 6.54 Å². The van der Waals surface area contributed by atoms with Crippen molar-refractivity contribution < 1.29 is 14.8 Å². The monoisotopic (exact) mass is 279 g/mol. The lowest BCUT2D eigenvalue weighted by atomic mass is 10.1. The summed E-state index contributed by atoms with van der Waals surface area (Å²) < 4.78 is 0. The number of nitrogens with two attached hydrogens (primary N) is 1. The molecule has 1 unspecified atom stereocenters. The largest absolute Gasteiger partial charge is 0.396 e. The van der Waals surface area contributed by atoms with Crippen molar-refractivity contribution in [1.82, 2.24) is 4.90 Å². The zero-order valence-electron chi connectivity index (χ0n) is 11.0. The SMILES string of the molecule is NC(=O)c1ccc(CN2CCC(CO)C2)c([N+](=O)[O-])c1. The first-order valence-corrected chi connectivity index (χ1v) is 6.41. The highest BCUT2D eigenvalue weighted by Crippen LogP contribution is 2.25. The Morgan fingerprint density at radius 2 is 2.30 bits per heavy atom.